The van der Waals surface area contributed by atoms with Crippen LogP contribution >= 0.6 is 11.6 Å². The van der Waals surface area contributed by atoms with Crippen molar-refractivity contribution in [3.05, 3.63) is 64.8 Å². The van der Waals surface area contributed by atoms with Gasteiger partial charge in [-0.15, -0.1) is 0 Å². The van der Waals surface area contributed by atoms with Crippen LogP contribution in [0.1, 0.15) is 11.1 Å². The smallest absolute Gasteiger partial charge is 0.0481 e. The Morgan fingerprint density at radius 3 is 2.75 bits per heavy atom. The van der Waals surface area contributed by atoms with Crippen molar-refractivity contribution >= 4 is 28.2 Å². The standard InChI is InChI=1S/C17H17ClN2/c1-12-7-8-14(9-16(12)18)19-10-13-11-20(2)17-6-4-3-5-15(13)17/h3-9,11,19H,10H2,1-2H3. The molecule has 2 nitrogen and oxygen atoms in total. The van der Waals surface area contributed by atoms with E-state index in [0.29, 0.717) is 0 Å². The van der Waals surface area contributed by atoms with Crippen molar-refractivity contribution < 1.29 is 0 Å². The van der Waals surface area contributed by atoms with Crippen LogP contribution < -0.4 is 5.32 Å². The number of nitrogens with zero attached hydrogens (tertiary/aromatic N) is 1. The summed E-state index contributed by atoms with van der Waals surface area (Å²) < 4.78 is 2.16. The Morgan fingerprint density at radius 1 is 1.15 bits per heavy atom. The second-order valence-electron chi connectivity index (χ2n) is 5.10. The van der Waals surface area contributed by atoms with Crippen molar-refractivity contribution in [2.24, 2.45) is 7.05 Å². The summed E-state index contributed by atoms with van der Waals surface area (Å²) in [7, 11) is 2.08. The maximum absolute atomic E-state index is 6.15. The van der Waals surface area contributed by atoms with E-state index in [-0.39, 0.29) is 0 Å². The fourth-order valence-electron chi connectivity index (χ4n) is 2.47. The average molecular weight is 285 g/mol. The zero-order valence-electron chi connectivity index (χ0n) is 11.7. The molecule has 2 aromatic carbocycles. The van der Waals surface area contributed by atoms with Gasteiger partial charge in [-0.2, -0.15) is 0 Å². The minimum atomic E-state index is 0.792. The van der Waals surface area contributed by atoms with Crippen LogP contribution in [-0.4, -0.2) is 4.57 Å². The summed E-state index contributed by atoms with van der Waals surface area (Å²) in [5.41, 5.74) is 4.70. The Balaban J connectivity index is 1.85. The maximum atomic E-state index is 6.15. The summed E-state index contributed by atoms with van der Waals surface area (Å²) in [4.78, 5) is 0. The number of fused-ring (bicyclic) bond motifs is 1. The first-order chi connectivity index (χ1) is 9.65. The molecule has 0 unspecified atom stereocenters. The van der Waals surface area contributed by atoms with Crippen LogP contribution in [0.15, 0.2) is 48.7 Å². The van der Waals surface area contributed by atoms with E-state index in [0.717, 1.165) is 22.8 Å². The molecule has 1 heterocycles. The summed E-state index contributed by atoms with van der Waals surface area (Å²) in [6.45, 7) is 2.80. The summed E-state index contributed by atoms with van der Waals surface area (Å²) in [5, 5.41) is 5.53. The lowest BCUT2D eigenvalue weighted by molar-refractivity contribution is 0.956. The molecule has 0 aliphatic heterocycles. The molecule has 0 fully saturated rings. The van der Waals surface area contributed by atoms with E-state index in [1.54, 1.807) is 0 Å². The van der Waals surface area contributed by atoms with Crippen LogP contribution in [0.3, 0.4) is 0 Å². The first-order valence-electron chi connectivity index (χ1n) is 6.68. The largest absolute Gasteiger partial charge is 0.381 e. The first-order valence-corrected chi connectivity index (χ1v) is 7.06. The highest BCUT2D eigenvalue weighted by Crippen LogP contribution is 2.23. The van der Waals surface area contributed by atoms with Gasteiger partial charge in [0.2, 0.25) is 0 Å². The number of aromatic nitrogens is 1. The second kappa shape index (κ2) is 5.22. The molecule has 0 saturated carbocycles. The number of nitrogens with one attached hydrogen (secondary N) is 1. The van der Waals surface area contributed by atoms with Gasteiger partial charge in [0.25, 0.3) is 0 Å². The quantitative estimate of drug-likeness (QED) is 0.734. The van der Waals surface area contributed by atoms with Crippen molar-refractivity contribution in [2.75, 3.05) is 5.32 Å². The van der Waals surface area contributed by atoms with E-state index in [1.165, 1.54) is 16.5 Å². The number of benzene rings is 2. The zero-order valence-corrected chi connectivity index (χ0v) is 12.4. The summed E-state index contributed by atoms with van der Waals surface area (Å²) in [5.74, 6) is 0. The zero-order chi connectivity index (χ0) is 14.1. The van der Waals surface area contributed by atoms with Gasteiger partial charge in [0.05, 0.1) is 0 Å². The number of para-hydroxylation sites is 1. The predicted octanol–water partition coefficient (Wildman–Crippen LogP) is 4.75. The molecule has 0 atom stereocenters. The van der Waals surface area contributed by atoms with Crippen molar-refractivity contribution in [2.45, 2.75) is 13.5 Å². The molecule has 3 aromatic rings. The van der Waals surface area contributed by atoms with E-state index in [1.807, 2.05) is 19.1 Å². The van der Waals surface area contributed by atoms with E-state index in [2.05, 4.69) is 53.5 Å². The van der Waals surface area contributed by atoms with Crippen molar-refractivity contribution in [3.8, 4) is 0 Å². The molecule has 0 bridgehead atoms. The lowest BCUT2D eigenvalue weighted by Crippen LogP contribution is -1.98. The number of aryl methyl sites for hydroxylation is 2. The number of halogens is 1. The number of rotatable bonds is 3. The third-order valence-electron chi connectivity index (χ3n) is 3.63. The highest BCUT2D eigenvalue weighted by Gasteiger charge is 2.05. The molecular formula is C17H17ClN2. The second-order valence-corrected chi connectivity index (χ2v) is 5.51. The van der Waals surface area contributed by atoms with E-state index < -0.39 is 0 Å². The van der Waals surface area contributed by atoms with Gasteiger partial charge in [0, 0.05) is 41.4 Å². The molecule has 1 N–H and O–H groups in total. The van der Waals surface area contributed by atoms with Crippen LogP contribution in [0.5, 0.6) is 0 Å². The highest BCUT2D eigenvalue weighted by molar-refractivity contribution is 6.31. The molecule has 20 heavy (non-hydrogen) atoms. The van der Waals surface area contributed by atoms with Crippen LogP contribution in [-0.2, 0) is 13.6 Å². The SMILES string of the molecule is Cc1ccc(NCc2cn(C)c3ccccc23)cc1Cl. The summed E-state index contributed by atoms with van der Waals surface area (Å²) in [6.07, 6.45) is 2.17. The van der Waals surface area contributed by atoms with Crippen LogP contribution in [0.2, 0.25) is 5.02 Å². The topological polar surface area (TPSA) is 17.0 Å². The van der Waals surface area contributed by atoms with E-state index in [9.17, 15) is 0 Å². The molecule has 3 heteroatoms. The number of hydrogen-bond donors (Lipinski definition) is 1. The van der Waals surface area contributed by atoms with Gasteiger partial charge in [0.15, 0.2) is 0 Å². The minimum Gasteiger partial charge on any atom is -0.381 e. The average Bonchev–Trinajstić information content (AvgIpc) is 2.78. The molecule has 1 aromatic heterocycles. The Labute approximate surface area is 124 Å². The molecule has 3 rings (SSSR count). The minimum absolute atomic E-state index is 0.792. The van der Waals surface area contributed by atoms with Gasteiger partial charge < -0.3 is 9.88 Å². The van der Waals surface area contributed by atoms with Gasteiger partial charge in [0.1, 0.15) is 0 Å². The van der Waals surface area contributed by atoms with Gasteiger partial charge in [-0.1, -0.05) is 35.9 Å². The monoisotopic (exact) mass is 284 g/mol. The normalized spacial score (nSPS) is 10.9. The maximum Gasteiger partial charge on any atom is 0.0481 e. The summed E-state index contributed by atoms with van der Waals surface area (Å²) in [6, 6.07) is 14.5. The number of anilines is 1. The molecule has 0 spiro atoms. The predicted molar refractivity (Wildman–Crippen MR) is 86.4 cm³/mol. The Kier molecular flexibility index (Phi) is 3.41. The van der Waals surface area contributed by atoms with Crippen LogP contribution in [0.4, 0.5) is 5.69 Å². The lowest BCUT2D eigenvalue weighted by atomic mass is 10.1. The van der Waals surface area contributed by atoms with Crippen LogP contribution in [0, 0.1) is 6.92 Å². The molecule has 0 aliphatic carbocycles. The van der Waals surface area contributed by atoms with E-state index in [4.69, 9.17) is 11.6 Å². The lowest BCUT2D eigenvalue weighted by Gasteiger charge is -2.07. The van der Waals surface area contributed by atoms with Gasteiger partial charge in [-0.05, 0) is 36.2 Å². The highest BCUT2D eigenvalue weighted by atomic mass is 35.5. The number of hydrogen-bond acceptors (Lipinski definition) is 1. The van der Waals surface area contributed by atoms with Gasteiger partial charge in [-0.25, -0.2) is 0 Å². The molecule has 0 amide bonds. The fraction of sp³-hybridized carbons (Fsp3) is 0.176. The van der Waals surface area contributed by atoms with Gasteiger partial charge >= 0.3 is 0 Å². The molecule has 0 saturated heterocycles. The third-order valence-corrected chi connectivity index (χ3v) is 4.04. The molecule has 0 aliphatic rings. The molecule has 0 radical (unpaired) electrons. The van der Waals surface area contributed by atoms with Crippen LogP contribution in [0.25, 0.3) is 10.9 Å². The molecular weight excluding hydrogens is 268 g/mol. The summed E-state index contributed by atoms with van der Waals surface area (Å²) >= 11 is 6.15. The van der Waals surface area contributed by atoms with Crippen molar-refractivity contribution in [1.82, 2.24) is 4.57 Å². The Morgan fingerprint density at radius 2 is 1.95 bits per heavy atom. The van der Waals surface area contributed by atoms with Crippen molar-refractivity contribution in [1.29, 1.82) is 0 Å². The van der Waals surface area contributed by atoms with Crippen molar-refractivity contribution in [3.63, 3.8) is 0 Å². The third kappa shape index (κ3) is 2.39. The fourth-order valence-corrected chi connectivity index (χ4v) is 2.65. The Bertz CT molecular complexity index is 759. The van der Waals surface area contributed by atoms with E-state index >= 15 is 0 Å². The first kappa shape index (κ1) is 13.1. The molecule has 102 valence electrons. The van der Waals surface area contributed by atoms with Gasteiger partial charge in [-0.3, -0.25) is 0 Å². The Hall–Kier alpha value is -1.93.